The molecule has 2 rings (SSSR count). The van der Waals surface area contributed by atoms with Gasteiger partial charge >= 0.3 is 0 Å². The fourth-order valence-corrected chi connectivity index (χ4v) is 3.10. The number of carbonyl (C=O) groups excluding carboxylic acids is 1. The molecule has 4 heteroatoms. The smallest absolute Gasteiger partial charge is 0.217 e. The average Bonchev–Trinajstić information content (AvgIpc) is 2.37. The largest absolute Gasteiger partial charge is 0.487 e. The molecule has 1 aliphatic rings. The second kappa shape index (κ2) is 5.92. The molecule has 2 atom stereocenters. The monoisotopic (exact) mass is 304 g/mol. The van der Waals surface area contributed by atoms with Crippen molar-refractivity contribution in [1.29, 1.82) is 0 Å². The number of fused-ring (bicyclic) bond motifs is 1. The normalized spacial score (nSPS) is 21.0. The second-order valence-electron chi connectivity index (χ2n) is 7.34. The summed E-state index contributed by atoms with van der Waals surface area (Å²) in [6.07, 6.45) is 0.749. The van der Waals surface area contributed by atoms with Crippen LogP contribution in [0.3, 0.4) is 0 Å². The summed E-state index contributed by atoms with van der Waals surface area (Å²) in [7, 11) is 0. The van der Waals surface area contributed by atoms with Crippen molar-refractivity contribution in [3.8, 4) is 5.75 Å². The third-order valence-corrected chi connectivity index (χ3v) is 4.26. The summed E-state index contributed by atoms with van der Waals surface area (Å²) < 4.78 is 6.16. The van der Waals surface area contributed by atoms with Gasteiger partial charge in [-0.3, -0.25) is 4.79 Å². The average molecular weight is 304 g/mol. The molecule has 1 amide bonds. The van der Waals surface area contributed by atoms with E-state index in [4.69, 9.17) is 10.5 Å². The minimum absolute atomic E-state index is 0.0167. The van der Waals surface area contributed by atoms with E-state index in [0.717, 1.165) is 28.9 Å². The van der Waals surface area contributed by atoms with E-state index in [1.165, 1.54) is 0 Å². The van der Waals surface area contributed by atoms with Crippen LogP contribution >= 0.6 is 0 Å². The lowest BCUT2D eigenvalue weighted by atomic mass is 9.85. The number of hydrogen-bond donors (Lipinski definition) is 2. The number of hydrogen-bond acceptors (Lipinski definition) is 3. The van der Waals surface area contributed by atoms with Crippen molar-refractivity contribution < 1.29 is 9.53 Å². The van der Waals surface area contributed by atoms with Crippen molar-refractivity contribution >= 4 is 5.91 Å². The Morgan fingerprint density at radius 1 is 1.41 bits per heavy atom. The number of carbonyl (C=O) groups is 1. The van der Waals surface area contributed by atoms with Crippen LogP contribution in [0.1, 0.15) is 69.8 Å². The number of nitrogens with one attached hydrogen (secondary N) is 1. The summed E-state index contributed by atoms with van der Waals surface area (Å²) in [5.41, 5.74) is 9.23. The van der Waals surface area contributed by atoms with Crippen LogP contribution in [-0.4, -0.2) is 11.5 Å². The van der Waals surface area contributed by atoms with Crippen LogP contribution in [0.5, 0.6) is 5.75 Å². The summed E-state index contributed by atoms with van der Waals surface area (Å²) in [5.74, 6) is 1.22. The molecule has 0 saturated heterocycles. The fourth-order valence-electron chi connectivity index (χ4n) is 3.10. The lowest BCUT2D eigenvalue weighted by molar-refractivity contribution is -0.120. The summed E-state index contributed by atoms with van der Waals surface area (Å²) >= 11 is 0. The zero-order valence-electron chi connectivity index (χ0n) is 14.5. The molecule has 0 aliphatic carbocycles. The Labute approximate surface area is 133 Å². The van der Waals surface area contributed by atoms with Crippen molar-refractivity contribution in [3.05, 3.63) is 28.8 Å². The van der Waals surface area contributed by atoms with Gasteiger partial charge < -0.3 is 15.8 Å². The van der Waals surface area contributed by atoms with E-state index in [1.54, 1.807) is 6.92 Å². The van der Waals surface area contributed by atoms with Crippen LogP contribution in [0.15, 0.2) is 12.1 Å². The van der Waals surface area contributed by atoms with E-state index in [1.807, 2.05) is 6.92 Å². The van der Waals surface area contributed by atoms with Crippen molar-refractivity contribution in [1.82, 2.24) is 5.32 Å². The van der Waals surface area contributed by atoms with Gasteiger partial charge in [0.25, 0.3) is 0 Å². The molecule has 0 bridgehead atoms. The first-order valence-electron chi connectivity index (χ1n) is 7.97. The molecule has 122 valence electrons. The first-order valence-corrected chi connectivity index (χ1v) is 7.97. The van der Waals surface area contributed by atoms with Gasteiger partial charge in [0.05, 0.1) is 6.04 Å². The van der Waals surface area contributed by atoms with Gasteiger partial charge in [-0.05, 0) is 43.9 Å². The van der Waals surface area contributed by atoms with Crippen LogP contribution in [0.4, 0.5) is 0 Å². The maximum atomic E-state index is 11.6. The van der Waals surface area contributed by atoms with Crippen LogP contribution in [0, 0.1) is 12.8 Å². The molecule has 0 fully saturated rings. The maximum Gasteiger partial charge on any atom is 0.217 e. The summed E-state index contributed by atoms with van der Waals surface area (Å²) in [6.45, 7) is 11.9. The summed E-state index contributed by atoms with van der Waals surface area (Å²) in [6, 6.07) is 4.16. The van der Waals surface area contributed by atoms with E-state index >= 15 is 0 Å². The van der Waals surface area contributed by atoms with Crippen molar-refractivity contribution in [2.45, 2.75) is 65.6 Å². The zero-order valence-corrected chi connectivity index (χ0v) is 14.5. The van der Waals surface area contributed by atoms with E-state index in [-0.39, 0.29) is 23.6 Å². The first kappa shape index (κ1) is 16.8. The Kier molecular flexibility index (Phi) is 4.52. The Morgan fingerprint density at radius 2 is 2.05 bits per heavy atom. The molecule has 4 nitrogen and oxygen atoms in total. The molecule has 3 N–H and O–H groups in total. The van der Waals surface area contributed by atoms with Gasteiger partial charge in [-0.25, -0.2) is 0 Å². The molecule has 0 saturated carbocycles. The molecule has 0 radical (unpaired) electrons. The first-order chi connectivity index (χ1) is 10.1. The molecule has 1 heterocycles. The highest BCUT2D eigenvalue weighted by molar-refractivity contribution is 5.73. The van der Waals surface area contributed by atoms with Gasteiger partial charge in [0.2, 0.25) is 5.91 Å². The topological polar surface area (TPSA) is 64.3 Å². The molecule has 1 aliphatic heterocycles. The highest BCUT2D eigenvalue weighted by Gasteiger charge is 2.35. The highest BCUT2D eigenvalue weighted by atomic mass is 16.5. The Morgan fingerprint density at radius 3 is 2.59 bits per heavy atom. The van der Waals surface area contributed by atoms with Crippen LogP contribution in [0.25, 0.3) is 0 Å². The van der Waals surface area contributed by atoms with E-state index in [9.17, 15) is 4.79 Å². The van der Waals surface area contributed by atoms with E-state index in [2.05, 4.69) is 45.1 Å². The predicted octanol–water partition coefficient (Wildman–Crippen LogP) is 3.39. The fraction of sp³-hybridized carbons (Fsp3) is 0.611. The standard InChI is InChI=1S/C18H28N2O2/c1-10(2)16(19)13-7-11(3)17-14(8-13)15(20-12(4)21)9-18(5,6)22-17/h7-8,10,15-16H,9,19H2,1-6H3,(H,20,21). The molecular formula is C18H28N2O2. The number of benzene rings is 1. The second-order valence-corrected chi connectivity index (χ2v) is 7.34. The van der Waals surface area contributed by atoms with Gasteiger partial charge in [0, 0.05) is 24.9 Å². The molecule has 2 unspecified atom stereocenters. The molecule has 22 heavy (non-hydrogen) atoms. The minimum Gasteiger partial charge on any atom is -0.487 e. The van der Waals surface area contributed by atoms with Gasteiger partial charge in [0.1, 0.15) is 11.4 Å². The zero-order chi connectivity index (χ0) is 16.7. The SMILES string of the molecule is CC(=O)NC1CC(C)(C)Oc2c(C)cc(C(N)C(C)C)cc21. The van der Waals surface area contributed by atoms with Crippen molar-refractivity contribution in [3.63, 3.8) is 0 Å². The van der Waals surface area contributed by atoms with E-state index in [0.29, 0.717) is 5.92 Å². The third kappa shape index (κ3) is 3.43. The van der Waals surface area contributed by atoms with Crippen molar-refractivity contribution in [2.24, 2.45) is 11.7 Å². The minimum atomic E-state index is -0.299. The van der Waals surface area contributed by atoms with Crippen LogP contribution < -0.4 is 15.8 Å². The van der Waals surface area contributed by atoms with Gasteiger partial charge in [0.15, 0.2) is 0 Å². The molecule has 1 aromatic carbocycles. The maximum absolute atomic E-state index is 11.6. The molecule has 0 spiro atoms. The summed E-state index contributed by atoms with van der Waals surface area (Å²) in [5, 5.41) is 3.06. The number of nitrogens with two attached hydrogens (primary N) is 1. The molecule has 1 aromatic rings. The number of ether oxygens (including phenoxy) is 1. The Bertz CT molecular complexity index is 579. The number of rotatable bonds is 3. The Hall–Kier alpha value is -1.55. The summed E-state index contributed by atoms with van der Waals surface area (Å²) in [4.78, 5) is 11.6. The van der Waals surface area contributed by atoms with Crippen molar-refractivity contribution in [2.75, 3.05) is 0 Å². The van der Waals surface area contributed by atoms with E-state index < -0.39 is 0 Å². The lowest BCUT2D eigenvalue weighted by Crippen LogP contribution is -2.41. The lowest BCUT2D eigenvalue weighted by Gasteiger charge is -2.39. The predicted molar refractivity (Wildman–Crippen MR) is 88.8 cm³/mol. The highest BCUT2D eigenvalue weighted by Crippen LogP contribution is 2.43. The third-order valence-electron chi connectivity index (χ3n) is 4.26. The van der Waals surface area contributed by atoms with Gasteiger partial charge in [-0.2, -0.15) is 0 Å². The van der Waals surface area contributed by atoms with Crippen LogP contribution in [-0.2, 0) is 4.79 Å². The molecular weight excluding hydrogens is 276 g/mol. The number of amides is 1. The van der Waals surface area contributed by atoms with Crippen LogP contribution in [0.2, 0.25) is 0 Å². The quantitative estimate of drug-likeness (QED) is 0.899. The number of aryl methyl sites for hydroxylation is 1. The van der Waals surface area contributed by atoms with Gasteiger partial charge in [-0.15, -0.1) is 0 Å². The van der Waals surface area contributed by atoms with Gasteiger partial charge in [-0.1, -0.05) is 19.9 Å². The molecule has 0 aromatic heterocycles. The Balaban J connectivity index is 2.51.